The zero-order valence-corrected chi connectivity index (χ0v) is 13.3. The molecule has 0 saturated carbocycles. The lowest BCUT2D eigenvalue weighted by Crippen LogP contribution is -2.46. The van der Waals surface area contributed by atoms with Crippen molar-refractivity contribution in [2.45, 2.75) is 40.8 Å². The Morgan fingerprint density at radius 2 is 1.48 bits per heavy atom. The van der Waals surface area contributed by atoms with E-state index in [1.807, 2.05) is 0 Å². The first-order valence-corrected chi connectivity index (χ1v) is 7.73. The lowest BCUT2D eigenvalue weighted by molar-refractivity contribution is 0.647. The smallest absolute Gasteiger partial charge is 0.0910 e. The van der Waals surface area contributed by atoms with Crippen molar-refractivity contribution in [3.63, 3.8) is 0 Å². The van der Waals surface area contributed by atoms with Crippen LogP contribution in [0.25, 0.3) is 0 Å². The van der Waals surface area contributed by atoms with Crippen LogP contribution < -0.4 is 9.80 Å². The van der Waals surface area contributed by atoms with Crippen LogP contribution in [0.4, 0.5) is 11.4 Å². The van der Waals surface area contributed by atoms with Crippen molar-refractivity contribution >= 4 is 11.4 Å². The molecule has 21 heavy (non-hydrogen) atoms. The van der Waals surface area contributed by atoms with Gasteiger partial charge in [0.05, 0.1) is 6.67 Å². The van der Waals surface area contributed by atoms with Gasteiger partial charge in [0.25, 0.3) is 0 Å². The van der Waals surface area contributed by atoms with E-state index >= 15 is 0 Å². The van der Waals surface area contributed by atoms with E-state index in [0.29, 0.717) is 0 Å². The number of nitrogens with zero attached hydrogens (tertiary/aromatic N) is 2. The normalized spacial score (nSPS) is 15.8. The number of fused-ring (bicyclic) bond motifs is 6. The van der Waals surface area contributed by atoms with Crippen molar-refractivity contribution in [3.8, 4) is 0 Å². The lowest BCUT2D eigenvalue weighted by Gasteiger charge is -2.45. The molecule has 2 aliphatic heterocycles. The Morgan fingerprint density at radius 3 is 2.29 bits per heavy atom. The van der Waals surface area contributed by atoms with E-state index in [2.05, 4.69) is 61.8 Å². The van der Waals surface area contributed by atoms with E-state index in [1.54, 1.807) is 0 Å². The maximum absolute atomic E-state index is 2.53. The van der Waals surface area contributed by atoms with Gasteiger partial charge in [0.1, 0.15) is 0 Å². The Kier molecular flexibility index (Phi) is 2.59. The molecule has 0 fully saturated rings. The molecule has 0 aromatic heterocycles. The standard InChI is InChI=1S/C19H22N2/c1-12-5-6-18-17(15(12)4)10-21-11-20(18)9-16-7-13(2)14(3)8-19(16)21/h5-8H,9-11H2,1-4H3. The van der Waals surface area contributed by atoms with Crippen LogP contribution in [0.1, 0.15) is 33.4 Å². The van der Waals surface area contributed by atoms with Gasteiger partial charge in [-0.15, -0.1) is 0 Å². The van der Waals surface area contributed by atoms with Gasteiger partial charge >= 0.3 is 0 Å². The predicted molar refractivity (Wildman–Crippen MR) is 89.1 cm³/mol. The SMILES string of the molecule is Cc1cc2c(cc1C)N1Cc3c(ccc(C)c3C)N(C2)C1. The fourth-order valence-corrected chi connectivity index (χ4v) is 3.66. The average molecular weight is 278 g/mol. The van der Waals surface area contributed by atoms with E-state index in [9.17, 15) is 0 Å². The third kappa shape index (κ3) is 1.78. The van der Waals surface area contributed by atoms with Crippen LogP contribution in [-0.2, 0) is 13.1 Å². The van der Waals surface area contributed by atoms with Crippen molar-refractivity contribution in [1.82, 2.24) is 0 Å². The topological polar surface area (TPSA) is 6.48 Å². The Balaban J connectivity index is 1.86. The summed E-state index contributed by atoms with van der Waals surface area (Å²) in [5.74, 6) is 0. The van der Waals surface area contributed by atoms with Crippen molar-refractivity contribution in [3.05, 3.63) is 57.6 Å². The van der Waals surface area contributed by atoms with Gasteiger partial charge in [-0.3, -0.25) is 0 Å². The van der Waals surface area contributed by atoms with Gasteiger partial charge < -0.3 is 9.80 Å². The fraction of sp³-hybridized carbons (Fsp3) is 0.368. The number of rotatable bonds is 0. The van der Waals surface area contributed by atoms with Crippen LogP contribution in [0.3, 0.4) is 0 Å². The molecule has 108 valence electrons. The molecule has 2 heteroatoms. The first-order valence-electron chi connectivity index (χ1n) is 7.73. The molecule has 2 aliphatic rings. The van der Waals surface area contributed by atoms with E-state index < -0.39 is 0 Å². The molecule has 0 spiro atoms. The number of anilines is 2. The van der Waals surface area contributed by atoms with Crippen LogP contribution in [0.2, 0.25) is 0 Å². The highest BCUT2D eigenvalue weighted by molar-refractivity contribution is 5.70. The Labute approximate surface area is 127 Å². The van der Waals surface area contributed by atoms with Gasteiger partial charge in [-0.2, -0.15) is 0 Å². The van der Waals surface area contributed by atoms with Gasteiger partial charge in [-0.25, -0.2) is 0 Å². The summed E-state index contributed by atoms with van der Waals surface area (Å²) in [6.07, 6.45) is 0. The molecular weight excluding hydrogens is 256 g/mol. The third-order valence-corrected chi connectivity index (χ3v) is 5.27. The first-order chi connectivity index (χ1) is 10.0. The summed E-state index contributed by atoms with van der Waals surface area (Å²) in [6.45, 7) is 12.0. The average Bonchev–Trinajstić information content (AvgIpc) is 2.46. The first kappa shape index (κ1) is 12.8. The molecular formula is C19H22N2. The predicted octanol–water partition coefficient (Wildman–Crippen LogP) is 4.22. The molecule has 0 aliphatic carbocycles. The largest absolute Gasteiger partial charge is 0.349 e. The molecule has 0 unspecified atom stereocenters. The highest BCUT2D eigenvalue weighted by Crippen LogP contribution is 2.40. The van der Waals surface area contributed by atoms with E-state index in [1.165, 1.54) is 44.8 Å². The van der Waals surface area contributed by atoms with Crippen LogP contribution in [0.5, 0.6) is 0 Å². The monoisotopic (exact) mass is 278 g/mol. The maximum Gasteiger partial charge on any atom is 0.0910 e. The Hall–Kier alpha value is -1.96. The third-order valence-electron chi connectivity index (χ3n) is 5.27. The van der Waals surface area contributed by atoms with E-state index in [-0.39, 0.29) is 0 Å². The molecule has 2 heterocycles. The minimum absolute atomic E-state index is 1.02. The second-order valence-electron chi connectivity index (χ2n) is 6.61. The van der Waals surface area contributed by atoms with Crippen molar-refractivity contribution < 1.29 is 0 Å². The number of benzene rings is 2. The summed E-state index contributed by atoms with van der Waals surface area (Å²) in [6, 6.07) is 9.31. The van der Waals surface area contributed by atoms with Crippen LogP contribution in [-0.4, -0.2) is 6.67 Å². The Bertz CT molecular complexity index is 746. The molecule has 0 saturated heterocycles. The molecule has 2 bridgehead atoms. The van der Waals surface area contributed by atoms with Gasteiger partial charge in [0.2, 0.25) is 0 Å². The maximum atomic E-state index is 2.53. The van der Waals surface area contributed by atoms with Gasteiger partial charge in [-0.1, -0.05) is 12.1 Å². The summed E-state index contributed by atoms with van der Waals surface area (Å²) < 4.78 is 0. The molecule has 0 amide bonds. The quantitative estimate of drug-likeness (QED) is 0.712. The second kappa shape index (κ2) is 4.27. The van der Waals surface area contributed by atoms with Crippen molar-refractivity contribution in [2.75, 3.05) is 16.5 Å². The van der Waals surface area contributed by atoms with Crippen molar-refractivity contribution in [2.24, 2.45) is 0 Å². The van der Waals surface area contributed by atoms with Crippen LogP contribution >= 0.6 is 0 Å². The Morgan fingerprint density at radius 1 is 0.762 bits per heavy atom. The molecule has 2 aromatic carbocycles. The minimum atomic E-state index is 1.02. The number of aryl methyl sites for hydroxylation is 3. The summed E-state index contributed by atoms with van der Waals surface area (Å²) in [7, 11) is 0. The molecule has 4 rings (SSSR count). The van der Waals surface area contributed by atoms with Crippen molar-refractivity contribution in [1.29, 1.82) is 0 Å². The molecule has 0 N–H and O–H groups in total. The highest BCUT2D eigenvalue weighted by atomic mass is 15.4. The zero-order chi connectivity index (χ0) is 14.7. The number of hydrogen-bond acceptors (Lipinski definition) is 2. The fourth-order valence-electron chi connectivity index (χ4n) is 3.66. The van der Waals surface area contributed by atoms with Gasteiger partial charge in [0, 0.05) is 24.5 Å². The van der Waals surface area contributed by atoms with Gasteiger partial charge in [-0.05, 0) is 73.2 Å². The summed E-state index contributed by atoms with van der Waals surface area (Å²) in [5.41, 5.74) is 11.5. The summed E-state index contributed by atoms with van der Waals surface area (Å²) in [5, 5.41) is 0. The molecule has 2 nitrogen and oxygen atoms in total. The van der Waals surface area contributed by atoms with Crippen LogP contribution in [0, 0.1) is 27.7 Å². The minimum Gasteiger partial charge on any atom is -0.349 e. The lowest BCUT2D eigenvalue weighted by atomic mass is 9.94. The summed E-state index contributed by atoms with van der Waals surface area (Å²) >= 11 is 0. The van der Waals surface area contributed by atoms with Gasteiger partial charge in [0.15, 0.2) is 0 Å². The number of hydrogen-bond donors (Lipinski definition) is 0. The van der Waals surface area contributed by atoms with E-state index in [4.69, 9.17) is 0 Å². The highest BCUT2D eigenvalue weighted by Gasteiger charge is 2.30. The molecule has 0 radical (unpaired) electrons. The second-order valence-corrected chi connectivity index (χ2v) is 6.61. The molecule has 0 atom stereocenters. The summed E-state index contributed by atoms with van der Waals surface area (Å²) in [4.78, 5) is 5.04. The van der Waals surface area contributed by atoms with Crippen LogP contribution in [0.15, 0.2) is 24.3 Å². The van der Waals surface area contributed by atoms with E-state index in [0.717, 1.165) is 19.8 Å². The zero-order valence-electron chi connectivity index (χ0n) is 13.3. The molecule has 2 aromatic rings.